The maximum absolute atomic E-state index is 11.7. The number of benzene rings is 1. The maximum atomic E-state index is 11.7. The Kier molecular flexibility index (Phi) is 4.47. The zero-order valence-electron chi connectivity index (χ0n) is 9.30. The van der Waals surface area contributed by atoms with Gasteiger partial charge in [0.25, 0.3) is 0 Å². The number of aromatic hydroxyl groups is 1. The Balaban J connectivity index is 2.70. The van der Waals surface area contributed by atoms with Crippen LogP contribution in [0.4, 0.5) is 0 Å². The molecule has 1 aromatic rings. The van der Waals surface area contributed by atoms with Crippen LogP contribution in [0.25, 0.3) is 0 Å². The van der Waals surface area contributed by atoms with E-state index in [0.717, 1.165) is 0 Å². The van der Waals surface area contributed by atoms with Crippen molar-refractivity contribution in [3.05, 3.63) is 24.3 Å². The Morgan fingerprint density at radius 3 is 2.59 bits per heavy atom. The minimum absolute atomic E-state index is 0.0175. The van der Waals surface area contributed by atoms with E-state index in [0.29, 0.717) is 0 Å². The molecule has 0 saturated heterocycles. The van der Waals surface area contributed by atoms with Crippen molar-refractivity contribution in [3.8, 4) is 5.75 Å². The highest BCUT2D eigenvalue weighted by molar-refractivity contribution is 7.89. The lowest BCUT2D eigenvalue weighted by atomic mass is 10.3. The minimum atomic E-state index is -3.77. The van der Waals surface area contributed by atoms with E-state index in [2.05, 4.69) is 10.0 Å². The van der Waals surface area contributed by atoms with Crippen molar-refractivity contribution in [2.45, 2.75) is 11.3 Å². The summed E-state index contributed by atoms with van der Waals surface area (Å²) in [6.07, 6.45) is 0.0450. The molecule has 0 aliphatic rings. The van der Waals surface area contributed by atoms with Gasteiger partial charge in [-0.3, -0.25) is 4.79 Å². The van der Waals surface area contributed by atoms with Gasteiger partial charge in [0.2, 0.25) is 15.9 Å². The number of rotatable bonds is 5. The second kappa shape index (κ2) is 5.65. The zero-order chi connectivity index (χ0) is 12.9. The highest BCUT2D eigenvalue weighted by atomic mass is 32.2. The predicted molar refractivity (Wildman–Crippen MR) is 62.0 cm³/mol. The van der Waals surface area contributed by atoms with Crippen LogP contribution in [0.3, 0.4) is 0 Å². The van der Waals surface area contributed by atoms with Crippen molar-refractivity contribution >= 4 is 15.9 Å². The molecule has 0 saturated carbocycles. The first-order chi connectivity index (χ1) is 7.97. The van der Waals surface area contributed by atoms with Crippen LogP contribution in [-0.2, 0) is 14.8 Å². The molecule has 0 heterocycles. The van der Waals surface area contributed by atoms with Crippen LogP contribution in [0.15, 0.2) is 29.2 Å². The number of amides is 1. The molecular formula is C10H14N2O4S. The molecule has 94 valence electrons. The summed E-state index contributed by atoms with van der Waals surface area (Å²) in [4.78, 5) is 10.7. The van der Waals surface area contributed by atoms with Gasteiger partial charge in [0, 0.05) is 20.0 Å². The second-order valence-electron chi connectivity index (χ2n) is 3.29. The molecule has 6 nitrogen and oxygen atoms in total. The molecule has 0 bridgehead atoms. The summed E-state index contributed by atoms with van der Waals surface area (Å²) in [6.45, 7) is -0.0175. The van der Waals surface area contributed by atoms with E-state index in [1.807, 2.05) is 0 Å². The third kappa shape index (κ3) is 3.72. The van der Waals surface area contributed by atoms with Crippen molar-refractivity contribution < 1.29 is 18.3 Å². The van der Waals surface area contributed by atoms with E-state index in [1.165, 1.54) is 31.3 Å². The Morgan fingerprint density at radius 2 is 2.00 bits per heavy atom. The molecule has 1 rings (SSSR count). The van der Waals surface area contributed by atoms with E-state index in [1.54, 1.807) is 0 Å². The van der Waals surface area contributed by atoms with Crippen LogP contribution < -0.4 is 10.0 Å². The predicted octanol–water partition coefficient (Wildman–Crippen LogP) is -0.193. The highest BCUT2D eigenvalue weighted by Crippen LogP contribution is 2.20. The third-order valence-electron chi connectivity index (χ3n) is 2.08. The average molecular weight is 258 g/mol. The van der Waals surface area contributed by atoms with Crippen molar-refractivity contribution in [1.82, 2.24) is 10.0 Å². The standard InChI is InChI=1S/C10H14N2O4S/c1-11-10(14)6-7-12-17(15,16)9-5-3-2-4-8(9)13/h2-5,12-13H,6-7H2,1H3,(H,11,14). The lowest BCUT2D eigenvalue weighted by Crippen LogP contribution is -2.29. The van der Waals surface area contributed by atoms with Gasteiger partial charge >= 0.3 is 0 Å². The van der Waals surface area contributed by atoms with E-state index in [4.69, 9.17) is 0 Å². The molecule has 1 amide bonds. The van der Waals surface area contributed by atoms with Gasteiger partial charge in [0.05, 0.1) is 0 Å². The van der Waals surface area contributed by atoms with Gasteiger partial charge < -0.3 is 10.4 Å². The van der Waals surface area contributed by atoms with Gasteiger partial charge in [-0.2, -0.15) is 0 Å². The minimum Gasteiger partial charge on any atom is -0.507 e. The summed E-state index contributed by atoms with van der Waals surface area (Å²) >= 11 is 0. The Labute approximate surface area is 99.7 Å². The molecule has 17 heavy (non-hydrogen) atoms. The van der Waals surface area contributed by atoms with Gasteiger partial charge in [-0.1, -0.05) is 12.1 Å². The molecule has 0 unspecified atom stereocenters. The molecule has 0 aliphatic heterocycles. The quantitative estimate of drug-likeness (QED) is 0.682. The lowest BCUT2D eigenvalue weighted by molar-refractivity contribution is -0.120. The first-order valence-corrected chi connectivity index (χ1v) is 6.44. The summed E-state index contributed by atoms with van der Waals surface area (Å²) in [5, 5.41) is 11.8. The van der Waals surface area contributed by atoms with E-state index in [-0.39, 0.29) is 29.5 Å². The molecule has 0 atom stereocenters. The van der Waals surface area contributed by atoms with E-state index in [9.17, 15) is 18.3 Å². The van der Waals surface area contributed by atoms with Crippen molar-refractivity contribution in [1.29, 1.82) is 0 Å². The summed E-state index contributed by atoms with van der Waals surface area (Å²) in [5.74, 6) is -0.579. The topological polar surface area (TPSA) is 95.5 Å². The fourth-order valence-corrected chi connectivity index (χ4v) is 2.31. The molecule has 0 spiro atoms. The number of hydrogen-bond acceptors (Lipinski definition) is 4. The first kappa shape index (κ1) is 13.5. The normalized spacial score (nSPS) is 11.1. The average Bonchev–Trinajstić information content (AvgIpc) is 2.28. The summed E-state index contributed by atoms with van der Waals surface area (Å²) < 4.78 is 25.7. The van der Waals surface area contributed by atoms with E-state index >= 15 is 0 Å². The fourth-order valence-electron chi connectivity index (χ4n) is 1.19. The number of para-hydroxylation sites is 1. The maximum Gasteiger partial charge on any atom is 0.244 e. The number of sulfonamides is 1. The van der Waals surface area contributed by atoms with Gasteiger partial charge in [-0.25, -0.2) is 13.1 Å². The Morgan fingerprint density at radius 1 is 1.35 bits per heavy atom. The van der Waals surface area contributed by atoms with E-state index < -0.39 is 10.0 Å². The van der Waals surface area contributed by atoms with Gasteiger partial charge in [0.1, 0.15) is 10.6 Å². The molecular weight excluding hydrogens is 244 g/mol. The molecule has 0 aliphatic carbocycles. The van der Waals surface area contributed by atoms with Crippen molar-refractivity contribution in [2.24, 2.45) is 0 Å². The largest absolute Gasteiger partial charge is 0.507 e. The fraction of sp³-hybridized carbons (Fsp3) is 0.300. The second-order valence-corrected chi connectivity index (χ2v) is 5.02. The van der Waals surface area contributed by atoms with Crippen LogP contribution in [0.2, 0.25) is 0 Å². The summed E-state index contributed by atoms with van der Waals surface area (Å²) in [7, 11) is -2.30. The first-order valence-electron chi connectivity index (χ1n) is 4.95. The Bertz CT molecular complexity index is 499. The number of hydrogen-bond donors (Lipinski definition) is 3. The molecule has 0 radical (unpaired) electrons. The van der Waals surface area contributed by atoms with Crippen LogP contribution in [-0.4, -0.2) is 33.0 Å². The smallest absolute Gasteiger partial charge is 0.244 e. The molecule has 0 aromatic heterocycles. The molecule has 3 N–H and O–H groups in total. The number of phenols is 1. The van der Waals surface area contributed by atoms with Crippen LogP contribution in [0, 0.1) is 0 Å². The molecule has 0 fully saturated rings. The van der Waals surface area contributed by atoms with Gasteiger partial charge in [-0.05, 0) is 12.1 Å². The lowest BCUT2D eigenvalue weighted by Gasteiger charge is -2.07. The number of carbonyl (C=O) groups excluding carboxylic acids is 1. The van der Waals surface area contributed by atoms with Crippen LogP contribution in [0.5, 0.6) is 5.75 Å². The summed E-state index contributed by atoms with van der Waals surface area (Å²) in [6, 6.07) is 5.61. The third-order valence-corrected chi connectivity index (χ3v) is 3.59. The Hall–Kier alpha value is -1.60. The van der Waals surface area contributed by atoms with Gasteiger partial charge in [0.15, 0.2) is 0 Å². The number of carbonyl (C=O) groups is 1. The van der Waals surface area contributed by atoms with Crippen LogP contribution >= 0.6 is 0 Å². The molecule has 1 aromatic carbocycles. The SMILES string of the molecule is CNC(=O)CCNS(=O)(=O)c1ccccc1O. The number of nitrogens with one attached hydrogen (secondary N) is 2. The zero-order valence-corrected chi connectivity index (χ0v) is 10.1. The van der Waals surface area contributed by atoms with Crippen LogP contribution in [0.1, 0.15) is 6.42 Å². The monoisotopic (exact) mass is 258 g/mol. The number of phenolic OH excluding ortho intramolecular Hbond substituents is 1. The summed E-state index contributed by atoms with van der Waals surface area (Å²) in [5.41, 5.74) is 0. The molecule has 7 heteroatoms. The van der Waals surface area contributed by atoms with Crippen molar-refractivity contribution in [2.75, 3.05) is 13.6 Å². The van der Waals surface area contributed by atoms with Gasteiger partial charge in [-0.15, -0.1) is 0 Å². The highest BCUT2D eigenvalue weighted by Gasteiger charge is 2.17. The van der Waals surface area contributed by atoms with Crippen molar-refractivity contribution in [3.63, 3.8) is 0 Å².